The molecule has 0 radical (unpaired) electrons. The standard InChI is InChI=1S/C11H20Cl2N2/c1-5-6-8(2)7-9(3)14-11(13)15-10(4)12/h8-9H,5-7H2,1-4H3. The molecule has 2 nitrogen and oxygen atoms in total. The lowest BCUT2D eigenvalue weighted by Crippen LogP contribution is -2.07. The summed E-state index contributed by atoms with van der Waals surface area (Å²) in [5.41, 5.74) is 0. The Morgan fingerprint density at radius 2 is 1.87 bits per heavy atom. The zero-order valence-electron chi connectivity index (χ0n) is 9.93. The molecule has 0 aromatic carbocycles. The molecule has 4 heteroatoms. The van der Waals surface area contributed by atoms with Crippen molar-refractivity contribution in [3.8, 4) is 0 Å². The van der Waals surface area contributed by atoms with Gasteiger partial charge in [-0.05, 0) is 37.8 Å². The van der Waals surface area contributed by atoms with E-state index in [-0.39, 0.29) is 11.3 Å². The van der Waals surface area contributed by atoms with Crippen LogP contribution in [-0.2, 0) is 0 Å². The van der Waals surface area contributed by atoms with Gasteiger partial charge in [0.05, 0.1) is 6.04 Å². The average molecular weight is 251 g/mol. The summed E-state index contributed by atoms with van der Waals surface area (Å²) in [5, 5.41) is 0.663. The van der Waals surface area contributed by atoms with E-state index >= 15 is 0 Å². The van der Waals surface area contributed by atoms with Crippen molar-refractivity contribution in [3.63, 3.8) is 0 Å². The van der Waals surface area contributed by atoms with Crippen LogP contribution in [0.5, 0.6) is 0 Å². The Bertz CT molecular complexity index is 233. The minimum Gasteiger partial charge on any atom is -0.253 e. The summed E-state index contributed by atoms with van der Waals surface area (Å²) < 4.78 is 0. The van der Waals surface area contributed by atoms with Crippen molar-refractivity contribution in [3.05, 3.63) is 0 Å². The summed E-state index contributed by atoms with van der Waals surface area (Å²) in [4.78, 5) is 8.12. The largest absolute Gasteiger partial charge is 0.253 e. The summed E-state index contributed by atoms with van der Waals surface area (Å²) in [6, 6.07) is 0.207. The van der Waals surface area contributed by atoms with Gasteiger partial charge in [0.25, 0.3) is 0 Å². The number of hydrogen-bond donors (Lipinski definition) is 0. The van der Waals surface area contributed by atoms with Gasteiger partial charge >= 0.3 is 0 Å². The fourth-order valence-corrected chi connectivity index (χ4v) is 2.00. The maximum absolute atomic E-state index is 5.81. The van der Waals surface area contributed by atoms with Gasteiger partial charge in [-0.25, -0.2) is 4.99 Å². The molecular formula is C11H20Cl2N2. The maximum Gasteiger partial charge on any atom is 0.219 e. The van der Waals surface area contributed by atoms with Gasteiger partial charge in [0.15, 0.2) is 0 Å². The van der Waals surface area contributed by atoms with Crippen molar-refractivity contribution in [2.45, 2.75) is 53.0 Å². The Hall–Kier alpha value is -0.0800. The van der Waals surface area contributed by atoms with E-state index < -0.39 is 0 Å². The first-order valence-electron chi connectivity index (χ1n) is 5.39. The third kappa shape index (κ3) is 8.88. The van der Waals surface area contributed by atoms with Crippen LogP contribution < -0.4 is 0 Å². The second-order valence-electron chi connectivity index (χ2n) is 3.99. The quantitative estimate of drug-likeness (QED) is 0.391. The van der Waals surface area contributed by atoms with Crippen molar-refractivity contribution in [2.24, 2.45) is 15.9 Å². The average Bonchev–Trinajstić information content (AvgIpc) is 2.00. The molecule has 0 fully saturated rings. The molecule has 0 aromatic heterocycles. The smallest absolute Gasteiger partial charge is 0.219 e. The predicted molar refractivity (Wildman–Crippen MR) is 70.4 cm³/mol. The molecule has 2 unspecified atom stereocenters. The lowest BCUT2D eigenvalue weighted by molar-refractivity contribution is 0.449. The fourth-order valence-electron chi connectivity index (χ4n) is 1.58. The first kappa shape index (κ1) is 14.9. The third-order valence-corrected chi connectivity index (χ3v) is 2.36. The highest BCUT2D eigenvalue weighted by molar-refractivity contribution is 6.71. The minimum atomic E-state index is 0.207. The van der Waals surface area contributed by atoms with E-state index in [0.29, 0.717) is 11.1 Å². The number of halogens is 2. The van der Waals surface area contributed by atoms with Crippen LogP contribution in [0.1, 0.15) is 47.0 Å². The Morgan fingerprint density at radius 3 is 2.33 bits per heavy atom. The summed E-state index contributed by atoms with van der Waals surface area (Å²) in [6.07, 6.45) is 3.49. The number of nitrogens with zero attached hydrogens (tertiary/aromatic N) is 2. The molecule has 88 valence electrons. The SMILES string of the molecule is CCCC(C)CC(C)N=C(Cl)N=C(C)Cl. The van der Waals surface area contributed by atoms with Crippen LogP contribution in [0.2, 0.25) is 0 Å². The molecule has 0 aliphatic heterocycles. The molecule has 0 heterocycles. The predicted octanol–water partition coefficient (Wildman–Crippen LogP) is 4.45. The number of aliphatic imine (C=N–C) groups is 2. The number of hydrogen-bond acceptors (Lipinski definition) is 1. The van der Waals surface area contributed by atoms with Crippen LogP contribution >= 0.6 is 23.2 Å². The van der Waals surface area contributed by atoms with E-state index in [9.17, 15) is 0 Å². The maximum atomic E-state index is 5.81. The summed E-state index contributed by atoms with van der Waals surface area (Å²) in [6.45, 7) is 8.16. The zero-order chi connectivity index (χ0) is 11.8. The Morgan fingerprint density at radius 1 is 1.27 bits per heavy atom. The molecule has 0 N–H and O–H groups in total. The lowest BCUT2D eigenvalue weighted by Gasteiger charge is -2.12. The van der Waals surface area contributed by atoms with E-state index in [2.05, 4.69) is 23.8 Å². The van der Waals surface area contributed by atoms with Crippen LogP contribution in [0, 0.1) is 5.92 Å². The highest BCUT2D eigenvalue weighted by atomic mass is 35.5. The molecule has 15 heavy (non-hydrogen) atoms. The second kappa shape index (κ2) is 8.12. The van der Waals surface area contributed by atoms with Gasteiger partial charge in [-0.2, -0.15) is 0 Å². The Kier molecular flexibility index (Phi) is 8.07. The van der Waals surface area contributed by atoms with E-state index in [1.165, 1.54) is 12.8 Å². The number of rotatable bonds is 5. The van der Waals surface area contributed by atoms with Gasteiger partial charge in [0.1, 0.15) is 5.17 Å². The molecular weight excluding hydrogens is 231 g/mol. The van der Waals surface area contributed by atoms with E-state index in [1.54, 1.807) is 6.92 Å². The van der Waals surface area contributed by atoms with Crippen LogP contribution in [-0.4, -0.2) is 16.5 Å². The summed E-state index contributed by atoms with van der Waals surface area (Å²) >= 11 is 11.4. The van der Waals surface area contributed by atoms with E-state index in [4.69, 9.17) is 23.2 Å². The summed E-state index contributed by atoms with van der Waals surface area (Å²) in [7, 11) is 0. The summed E-state index contributed by atoms with van der Waals surface area (Å²) in [5.74, 6) is 0.680. The van der Waals surface area contributed by atoms with Gasteiger partial charge < -0.3 is 0 Å². The topological polar surface area (TPSA) is 24.7 Å². The molecule has 0 aromatic rings. The van der Waals surface area contributed by atoms with Gasteiger partial charge in [0.2, 0.25) is 5.29 Å². The van der Waals surface area contributed by atoms with Crippen molar-refractivity contribution in [1.29, 1.82) is 0 Å². The fraction of sp³-hybridized carbons (Fsp3) is 0.818. The third-order valence-electron chi connectivity index (χ3n) is 2.10. The normalized spacial score (nSPS) is 17.7. The molecule has 0 bridgehead atoms. The van der Waals surface area contributed by atoms with Gasteiger partial charge in [-0.15, -0.1) is 0 Å². The van der Waals surface area contributed by atoms with Gasteiger partial charge in [-0.3, -0.25) is 4.99 Å². The molecule has 0 rings (SSSR count). The molecule has 2 atom stereocenters. The van der Waals surface area contributed by atoms with Crippen molar-refractivity contribution >= 4 is 33.7 Å². The molecule has 0 saturated carbocycles. The Balaban J connectivity index is 4.11. The van der Waals surface area contributed by atoms with Crippen molar-refractivity contribution in [1.82, 2.24) is 0 Å². The van der Waals surface area contributed by atoms with Crippen LogP contribution in [0.4, 0.5) is 0 Å². The number of amidine groups is 1. The highest BCUT2D eigenvalue weighted by Crippen LogP contribution is 2.14. The Labute approximate surface area is 103 Å². The molecule has 0 amide bonds. The first-order chi connectivity index (χ1) is 6.95. The van der Waals surface area contributed by atoms with E-state index in [1.807, 2.05) is 6.92 Å². The van der Waals surface area contributed by atoms with Crippen LogP contribution in [0.3, 0.4) is 0 Å². The second-order valence-corrected chi connectivity index (χ2v) is 4.87. The molecule has 0 aliphatic carbocycles. The molecule has 0 aliphatic rings. The monoisotopic (exact) mass is 250 g/mol. The zero-order valence-corrected chi connectivity index (χ0v) is 11.4. The van der Waals surface area contributed by atoms with Crippen LogP contribution in [0.15, 0.2) is 9.98 Å². The highest BCUT2D eigenvalue weighted by Gasteiger charge is 2.07. The first-order valence-corrected chi connectivity index (χ1v) is 6.15. The van der Waals surface area contributed by atoms with Gasteiger partial charge in [0, 0.05) is 0 Å². The van der Waals surface area contributed by atoms with E-state index in [0.717, 1.165) is 6.42 Å². The minimum absolute atomic E-state index is 0.207. The van der Waals surface area contributed by atoms with Gasteiger partial charge in [-0.1, -0.05) is 38.3 Å². The molecule has 0 saturated heterocycles. The molecule has 0 spiro atoms. The lowest BCUT2D eigenvalue weighted by atomic mass is 9.98. The van der Waals surface area contributed by atoms with Crippen LogP contribution in [0.25, 0.3) is 0 Å². The van der Waals surface area contributed by atoms with Crippen molar-refractivity contribution < 1.29 is 0 Å². The van der Waals surface area contributed by atoms with Crippen molar-refractivity contribution in [2.75, 3.05) is 0 Å².